The lowest BCUT2D eigenvalue weighted by Crippen LogP contribution is -2.51. The monoisotopic (exact) mass is 437 g/mol. The molecule has 0 radical (unpaired) electrons. The molecule has 9 nitrogen and oxygen atoms in total. The highest BCUT2D eigenvalue weighted by Crippen LogP contribution is 2.20. The first-order valence-corrected chi connectivity index (χ1v) is 10.8. The predicted molar refractivity (Wildman–Crippen MR) is 117 cm³/mol. The zero-order valence-corrected chi connectivity index (χ0v) is 18.4. The number of ether oxygens (including phenoxy) is 1. The van der Waals surface area contributed by atoms with Crippen molar-refractivity contribution >= 4 is 22.7 Å². The van der Waals surface area contributed by atoms with Crippen molar-refractivity contribution < 1.29 is 18.8 Å². The van der Waals surface area contributed by atoms with Crippen molar-refractivity contribution in [2.45, 2.75) is 38.8 Å². The normalized spacial score (nSPS) is 16.3. The fourth-order valence-electron chi connectivity index (χ4n) is 4.13. The molecule has 168 valence electrons. The van der Waals surface area contributed by atoms with E-state index in [0.717, 1.165) is 23.7 Å². The number of hydrogen-bond acceptors (Lipinski definition) is 7. The quantitative estimate of drug-likeness (QED) is 0.559. The Balaban J connectivity index is 1.42. The minimum absolute atomic E-state index is 0.0336. The molecule has 1 aromatic carbocycles. The number of benzene rings is 1. The van der Waals surface area contributed by atoms with E-state index in [2.05, 4.69) is 15.1 Å². The highest BCUT2D eigenvalue weighted by molar-refractivity contribution is 5.95. The number of hydrogen-bond donors (Lipinski definition) is 0. The van der Waals surface area contributed by atoms with Gasteiger partial charge in [0.1, 0.15) is 12.3 Å². The summed E-state index contributed by atoms with van der Waals surface area (Å²) in [4.78, 5) is 37.9. The molecule has 0 saturated carbocycles. The largest absolute Gasteiger partial charge is 0.375 e. The third-order valence-corrected chi connectivity index (χ3v) is 5.70. The highest BCUT2D eigenvalue weighted by atomic mass is 16.5. The van der Waals surface area contributed by atoms with E-state index in [9.17, 15) is 9.59 Å². The van der Waals surface area contributed by atoms with E-state index in [4.69, 9.17) is 9.26 Å². The Morgan fingerprint density at radius 1 is 1.22 bits per heavy atom. The summed E-state index contributed by atoms with van der Waals surface area (Å²) in [5.74, 6) is 0.807. The van der Waals surface area contributed by atoms with Crippen molar-refractivity contribution in [1.29, 1.82) is 0 Å². The van der Waals surface area contributed by atoms with E-state index >= 15 is 0 Å². The average molecular weight is 438 g/mol. The molecular weight excluding hydrogens is 410 g/mol. The summed E-state index contributed by atoms with van der Waals surface area (Å²) < 4.78 is 10.1. The molecule has 32 heavy (non-hydrogen) atoms. The molecule has 2 amide bonds. The Morgan fingerprint density at radius 3 is 2.88 bits per heavy atom. The lowest BCUT2D eigenvalue weighted by molar-refractivity contribution is -0.132. The molecule has 4 rings (SSSR count). The van der Waals surface area contributed by atoms with Gasteiger partial charge in [0, 0.05) is 51.5 Å². The van der Waals surface area contributed by atoms with Crippen LogP contribution in [-0.4, -0.2) is 69.5 Å². The van der Waals surface area contributed by atoms with Gasteiger partial charge in [0.15, 0.2) is 5.82 Å². The van der Waals surface area contributed by atoms with Gasteiger partial charge in [0.25, 0.3) is 11.8 Å². The molecule has 1 atom stereocenters. The second-order valence-corrected chi connectivity index (χ2v) is 7.94. The second-order valence-electron chi connectivity index (χ2n) is 7.94. The number of rotatable bonds is 7. The molecule has 2 aromatic heterocycles. The van der Waals surface area contributed by atoms with Crippen LogP contribution in [0.4, 0.5) is 0 Å². The number of amides is 2. The molecule has 1 aliphatic rings. The van der Waals surface area contributed by atoms with Crippen LogP contribution in [0.25, 0.3) is 10.9 Å². The van der Waals surface area contributed by atoms with Gasteiger partial charge in [0.05, 0.1) is 5.52 Å². The topological polar surface area (TPSA) is 102 Å². The van der Waals surface area contributed by atoms with Crippen molar-refractivity contribution in [2.75, 3.05) is 26.7 Å². The van der Waals surface area contributed by atoms with E-state index in [1.807, 2.05) is 30.3 Å². The summed E-state index contributed by atoms with van der Waals surface area (Å²) >= 11 is 0. The number of fused-ring (bicyclic) bond motifs is 1. The number of methoxy groups -OCH3 is 1. The first-order chi connectivity index (χ1) is 15.5. The summed E-state index contributed by atoms with van der Waals surface area (Å²) in [5.41, 5.74) is 1.22. The van der Waals surface area contributed by atoms with Gasteiger partial charge in [-0.15, -0.1) is 0 Å². The minimum Gasteiger partial charge on any atom is -0.375 e. The minimum atomic E-state index is -0.105. The average Bonchev–Trinajstić information content (AvgIpc) is 3.26. The number of para-hydroxylation sites is 1. The van der Waals surface area contributed by atoms with Gasteiger partial charge in [-0.05, 0) is 25.0 Å². The van der Waals surface area contributed by atoms with Crippen LogP contribution < -0.4 is 0 Å². The lowest BCUT2D eigenvalue weighted by Gasteiger charge is -2.39. The van der Waals surface area contributed by atoms with Crippen LogP contribution in [-0.2, 0) is 22.6 Å². The van der Waals surface area contributed by atoms with E-state index in [-0.39, 0.29) is 24.5 Å². The molecule has 9 heteroatoms. The van der Waals surface area contributed by atoms with E-state index in [1.54, 1.807) is 29.9 Å². The number of piperidine rings is 1. The third kappa shape index (κ3) is 4.94. The van der Waals surface area contributed by atoms with Crippen molar-refractivity contribution in [3.8, 4) is 0 Å². The van der Waals surface area contributed by atoms with Crippen LogP contribution >= 0.6 is 0 Å². The number of aromatic nitrogens is 3. The van der Waals surface area contributed by atoms with Gasteiger partial charge in [-0.2, -0.15) is 4.98 Å². The third-order valence-electron chi connectivity index (χ3n) is 5.70. The van der Waals surface area contributed by atoms with Gasteiger partial charge in [-0.1, -0.05) is 29.4 Å². The Bertz CT molecular complexity index is 1100. The fraction of sp³-hybridized carbons (Fsp3) is 0.435. The molecule has 1 saturated heterocycles. The molecule has 1 unspecified atom stereocenters. The van der Waals surface area contributed by atoms with Crippen molar-refractivity contribution in [3.05, 3.63) is 53.8 Å². The molecule has 1 fully saturated rings. The summed E-state index contributed by atoms with van der Waals surface area (Å²) in [6.45, 7) is 3.40. The van der Waals surface area contributed by atoms with E-state index in [1.165, 1.54) is 0 Å². The van der Waals surface area contributed by atoms with E-state index in [0.29, 0.717) is 43.5 Å². The lowest BCUT2D eigenvalue weighted by atomic mass is 10.0. The maximum atomic E-state index is 13.1. The highest BCUT2D eigenvalue weighted by Gasteiger charge is 2.30. The number of carbonyl (C=O) groups excluding carboxylic acids is 2. The Morgan fingerprint density at radius 2 is 2.06 bits per heavy atom. The SMILES string of the molecule is COCc1nc(CCN(C(C)=O)C2CCCN(C(=O)c3ccc4ccccc4n3)C2)no1. The number of likely N-dealkylation sites (tertiary alicyclic amines) is 1. The smallest absolute Gasteiger partial charge is 0.272 e. The summed E-state index contributed by atoms with van der Waals surface area (Å²) in [5, 5.41) is 4.94. The van der Waals surface area contributed by atoms with Crippen molar-refractivity contribution in [1.82, 2.24) is 24.9 Å². The Hall–Kier alpha value is -3.33. The second kappa shape index (κ2) is 9.86. The number of pyridine rings is 1. The molecule has 0 aliphatic carbocycles. The van der Waals surface area contributed by atoms with Gasteiger partial charge < -0.3 is 19.1 Å². The number of nitrogens with zero attached hydrogens (tertiary/aromatic N) is 5. The van der Waals surface area contributed by atoms with Gasteiger partial charge >= 0.3 is 0 Å². The van der Waals surface area contributed by atoms with Crippen LogP contribution in [0, 0.1) is 0 Å². The molecule has 3 heterocycles. The van der Waals surface area contributed by atoms with Gasteiger partial charge in [0.2, 0.25) is 5.91 Å². The van der Waals surface area contributed by atoms with Crippen molar-refractivity contribution in [2.24, 2.45) is 0 Å². The predicted octanol–water partition coefficient (Wildman–Crippen LogP) is 2.46. The maximum Gasteiger partial charge on any atom is 0.272 e. The fourth-order valence-corrected chi connectivity index (χ4v) is 4.13. The van der Waals surface area contributed by atoms with Crippen LogP contribution in [0.5, 0.6) is 0 Å². The van der Waals surface area contributed by atoms with Gasteiger partial charge in [-0.3, -0.25) is 9.59 Å². The summed E-state index contributed by atoms with van der Waals surface area (Å²) in [7, 11) is 1.56. The molecule has 1 aliphatic heterocycles. The van der Waals surface area contributed by atoms with Crippen LogP contribution in [0.2, 0.25) is 0 Å². The van der Waals surface area contributed by atoms with Gasteiger partial charge in [-0.25, -0.2) is 4.98 Å². The first kappa shape index (κ1) is 21.9. The molecule has 0 N–H and O–H groups in total. The molecule has 0 bridgehead atoms. The first-order valence-electron chi connectivity index (χ1n) is 10.8. The molecular formula is C23H27N5O4. The summed E-state index contributed by atoms with van der Waals surface area (Å²) in [6, 6.07) is 11.4. The van der Waals surface area contributed by atoms with E-state index < -0.39 is 0 Å². The number of carbonyl (C=O) groups is 2. The van der Waals surface area contributed by atoms with Crippen molar-refractivity contribution in [3.63, 3.8) is 0 Å². The summed E-state index contributed by atoms with van der Waals surface area (Å²) in [6.07, 6.45) is 2.15. The zero-order valence-electron chi connectivity index (χ0n) is 18.4. The van der Waals surface area contributed by atoms with Crippen LogP contribution in [0.15, 0.2) is 40.9 Å². The molecule has 3 aromatic rings. The maximum absolute atomic E-state index is 13.1. The Labute approximate surface area is 186 Å². The van der Waals surface area contributed by atoms with Crippen LogP contribution in [0.3, 0.4) is 0 Å². The Kier molecular flexibility index (Phi) is 6.75. The standard InChI is InChI=1S/C23H27N5O4/c1-16(29)28(13-11-21-25-22(15-31-2)32-26-21)18-7-5-12-27(14-18)23(30)20-10-9-17-6-3-4-8-19(17)24-20/h3-4,6,8-10,18H,5,7,11-15H2,1-2H3. The molecule has 0 spiro atoms. The zero-order chi connectivity index (χ0) is 22.5. The van der Waals surface area contributed by atoms with Crippen LogP contribution in [0.1, 0.15) is 42.0 Å².